The number of anilines is 2. The lowest BCUT2D eigenvalue weighted by Crippen LogP contribution is -2.05. The molecule has 0 unspecified atom stereocenters. The molecule has 4 N–H and O–H groups in total. The molecule has 0 saturated carbocycles. The molecule has 6 nitrogen and oxygen atoms in total. The number of hydrogen-bond donors (Lipinski definition) is 2. The van der Waals surface area contributed by atoms with Crippen molar-refractivity contribution in [1.29, 1.82) is 0 Å². The van der Waals surface area contributed by atoms with Crippen molar-refractivity contribution in [1.82, 2.24) is 4.98 Å². The van der Waals surface area contributed by atoms with Gasteiger partial charge in [0.25, 0.3) is 0 Å². The Bertz CT molecular complexity index is 698. The van der Waals surface area contributed by atoms with Crippen LogP contribution in [-0.2, 0) is 12.8 Å². The predicted octanol–water partition coefficient (Wildman–Crippen LogP) is 2.56. The molecule has 21 heavy (non-hydrogen) atoms. The van der Waals surface area contributed by atoms with Crippen LogP contribution in [-0.4, -0.2) is 9.91 Å². The molecule has 0 amide bonds. The summed E-state index contributed by atoms with van der Waals surface area (Å²) in [4.78, 5) is 14.4. The summed E-state index contributed by atoms with van der Waals surface area (Å²) in [6.07, 6.45) is 2.73. The van der Waals surface area contributed by atoms with Gasteiger partial charge in [-0.05, 0) is 55.5 Å². The lowest BCUT2D eigenvalue weighted by Gasteiger charge is -2.11. The highest BCUT2D eigenvalue weighted by molar-refractivity contribution is 5.57. The molecule has 1 heterocycles. The number of aromatic nitrogens is 1. The van der Waals surface area contributed by atoms with Crippen molar-refractivity contribution in [2.24, 2.45) is 0 Å². The van der Waals surface area contributed by atoms with E-state index in [1.54, 1.807) is 6.07 Å². The van der Waals surface area contributed by atoms with E-state index in [2.05, 4.69) is 4.98 Å². The monoisotopic (exact) mass is 286 g/mol. The maximum atomic E-state index is 11.1. The van der Waals surface area contributed by atoms with Gasteiger partial charge in [0.2, 0.25) is 5.82 Å². The quantitative estimate of drug-likeness (QED) is 0.510. The van der Waals surface area contributed by atoms with Crippen LogP contribution >= 0.6 is 0 Å². The van der Waals surface area contributed by atoms with E-state index in [-0.39, 0.29) is 11.5 Å². The normalized spacial score (nSPS) is 10.6. The summed E-state index contributed by atoms with van der Waals surface area (Å²) in [6, 6.07) is 5.48. The van der Waals surface area contributed by atoms with E-state index in [1.165, 1.54) is 6.20 Å². The number of nitrogens with zero attached hydrogens (tertiary/aromatic N) is 2. The molecular weight excluding hydrogens is 268 g/mol. The number of pyridine rings is 1. The van der Waals surface area contributed by atoms with Crippen molar-refractivity contribution in [2.45, 2.75) is 26.7 Å². The van der Waals surface area contributed by atoms with Crippen LogP contribution in [0.1, 0.15) is 22.3 Å². The van der Waals surface area contributed by atoms with Crippen LogP contribution in [0.5, 0.6) is 0 Å². The van der Waals surface area contributed by atoms with Crippen LogP contribution in [0.3, 0.4) is 0 Å². The van der Waals surface area contributed by atoms with Gasteiger partial charge in [0.05, 0.1) is 4.92 Å². The molecule has 1 aromatic carbocycles. The van der Waals surface area contributed by atoms with E-state index in [9.17, 15) is 10.1 Å². The van der Waals surface area contributed by atoms with Gasteiger partial charge in [0.1, 0.15) is 0 Å². The maximum Gasteiger partial charge on any atom is 0.314 e. The van der Waals surface area contributed by atoms with Gasteiger partial charge in [0.15, 0.2) is 0 Å². The smallest absolute Gasteiger partial charge is 0.314 e. The Labute approximate surface area is 123 Å². The van der Waals surface area contributed by atoms with E-state index in [1.807, 2.05) is 26.0 Å². The molecule has 0 atom stereocenters. The molecular formula is C15H18N4O2. The molecule has 0 spiro atoms. The van der Waals surface area contributed by atoms with Crippen molar-refractivity contribution in [3.8, 4) is 0 Å². The summed E-state index contributed by atoms with van der Waals surface area (Å²) in [6.45, 7) is 3.98. The second-order valence-corrected chi connectivity index (χ2v) is 5.02. The minimum Gasteiger partial charge on any atom is -0.399 e. The van der Waals surface area contributed by atoms with Crippen LogP contribution in [0.25, 0.3) is 0 Å². The standard InChI is InChI=1S/C15H18N4O2/c1-9-10(2)13(16)6-5-11(9)3-4-12-7-8-18-15(17)14(12)19(20)21/h5-8H,3-4,16H2,1-2H3,(H2,17,18). The number of aryl methyl sites for hydroxylation is 2. The molecule has 6 heteroatoms. The zero-order valence-corrected chi connectivity index (χ0v) is 12.1. The van der Waals surface area contributed by atoms with Gasteiger partial charge in [-0.3, -0.25) is 10.1 Å². The summed E-state index contributed by atoms with van der Waals surface area (Å²) in [5.41, 5.74) is 16.0. The van der Waals surface area contributed by atoms with Gasteiger partial charge in [-0.25, -0.2) is 4.98 Å². The SMILES string of the molecule is Cc1c(N)ccc(CCc2ccnc(N)c2[N+](=O)[O-])c1C. The van der Waals surface area contributed by atoms with E-state index in [0.717, 1.165) is 22.4 Å². The number of nitrogen functional groups attached to an aromatic ring is 2. The second-order valence-electron chi connectivity index (χ2n) is 5.02. The van der Waals surface area contributed by atoms with Crippen molar-refractivity contribution in [2.75, 3.05) is 11.5 Å². The Balaban J connectivity index is 2.27. The van der Waals surface area contributed by atoms with Gasteiger partial charge in [0, 0.05) is 17.4 Å². The molecule has 0 saturated heterocycles. The highest BCUT2D eigenvalue weighted by atomic mass is 16.6. The average molecular weight is 286 g/mol. The van der Waals surface area contributed by atoms with Crippen LogP contribution < -0.4 is 11.5 Å². The molecule has 110 valence electrons. The van der Waals surface area contributed by atoms with Gasteiger partial charge in [-0.15, -0.1) is 0 Å². The number of benzene rings is 1. The van der Waals surface area contributed by atoms with Gasteiger partial charge in [-0.2, -0.15) is 0 Å². The second kappa shape index (κ2) is 5.78. The summed E-state index contributed by atoms with van der Waals surface area (Å²) >= 11 is 0. The molecule has 0 bridgehead atoms. The van der Waals surface area contributed by atoms with E-state index >= 15 is 0 Å². The van der Waals surface area contributed by atoms with Crippen LogP contribution in [0.2, 0.25) is 0 Å². The van der Waals surface area contributed by atoms with Gasteiger partial charge >= 0.3 is 5.69 Å². The highest BCUT2D eigenvalue weighted by Crippen LogP contribution is 2.26. The van der Waals surface area contributed by atoms with E-state index < -0.39 is 4.92 Å². The van der Waals surface area contributed by atoms with Crippen molar-refractivity contribution >= 4 is 17.2 Å². The summed E-state index contributed by atoms with van der Waals surface area (Å²) < 4.78 is 0. The maximum absolute atomic E-state index is 11.1. The van der Waals surface area contributed by atoms with Crippen molar-refractivity contribution in [3.05, 3.63) is 56.8 Å². The Morgan fingerprint density at radius 1 is 1.10 bits per heavy atom. The zero-order chi connectivity index (χ0) is 15.6. The van der Waals surface area contributed by atoms with Crippen molar-refractivity contribution in [3.63, 3.8) is 0 Å². The molecule has 2 aromatic rings. The van der Waals surface area contributed by atoms with E-state index in [0.29, 0.717) is 18.4 Å². The van der Waals surface area contributed by atoms with Gasteiger partial charge < -0.3 is 11.5 Å². The first-order chi connectivity index (χ1) is 9.91. The summed E-state index contributed by atoms with van der Waals surface area (Å²) in [5.74, 6) is -0.0392. The summed E-state index contributed by atoms with van der Waals surface area (Å²) in [7, 11) is 0. The third-order valence-corrected chi connectivity index (χ3v) is 3.82. The zero-order valence-electron chi connectivity index (χ0n) is 12.1. The Hall–Kier alpha value is -2.63. The fourth-order valence-electron chi connectivity index (χ4n) is 2.36. The number of hydrogen-bond acceptors (Lipinski definition) is 5. The third kappa shape index (κ3) is 2.94. The first-order valence-corrected chi connectivity index (χ1v) is 6.64. The molecule has 1 aromatic heterocycles. The van der Waals surface area contributed by atoms with Crippen LogP contribution in [0, 0.1) is 24.0 Å². The van der Waals surface area contributed by atoms with Crippen LogP contribution in [0.15, 0.2) is 24.4 Å². The first kappa shape index (κ1) is 14.8. The molecule has 0 radical (unpaired) electrons. The topological polar surface area (TPSA) is 108 Å². The largest absolute Gasteiger partial charge is 0.399 e. The molecule has 0 fully saturated rings. The minimum absolute atomic E-state index is 0.0392. The predicted molar refractivity (Wildman–Crippen MR) is 83.0 cm³/mol. The fourth-order valence-corrected chi connectivity index (χ4v) is 2.36. The Morgan fingerprint density at radius 3 is 2.43 bits per heavy atom. The highest BCUT2D eigenvalue weighted by Gasteiger charge is 2.18. The Morgan fingerprint density at radius 2 is 1.76 bits per heavy atom. The number of nitro groups is 1. The van der Waals surface area contributed by atoms with E-state index in [4.69, 9.17) is 11.5 Å². The average Bonchev–Trinajstić information content (AvgIpc) is 2.43. The number of nitrogens with two attached hydrogens (primary N) is 2. The van der Waals surface area contributed by atoms with Crippen LogP contribution in [0.4, 0.5) is 17.2 Å². The summed E-state index contributed by atoms with van der Waals surface area (Å²) in [5, 5.41) is 11.1. The fraction of sp³-hybridized carbons (Fsp3) is 0.267. The molecule has 2 rings (SSSR count). The lowest BCUT2D eigenvalue weighted by atomic mass is 9.96. The third-order valence-electron chi connectivity index (χ3n) is 3.82. The van der Waals surface area contributed by atoms with Gasteiger partial charge in [-0.1, -0.05) is 6.07 Å². The molecule has 0 aliphatic heterocycles. The number of rotatable bonds is 4. The van der Waals surface area contributed by atoms with Crippen molar-refractivity contribution < 1.29 is 4.92 Å². The minimum atomic E-state index is -0.473. The molecule has 0 aliphatic rings. The Kier molecular flexibility index (Phi) is 4.07. The lowest BCUT2D eigenvalue weighted by molar-refractivity contribution is -0.384. The molecule has 0 aliphatic carbocycles. The first-order valence-electron chi connectivity index (χ1n) is 6.64.